The zero-order valence-electron chi connectivity index (χ0n) is 14.7. The van der Waals surface area contributed by atoms with Gasteiger partial charge in [0.1, 0.15) is 11.8 Å². The number of halogens is 1. The summed E-state index contributed by atoms with van der Waals surface area (Å²) >= 11 is 0. The predicted octanol–water partition coefficient (Wildman–Crippen LogP) is 2.71. The van der Waals surface area contributed by atoms with Crippen LogP contribution in [0.25, 0.3) is 5.52 Å². The van der Waals surface area contributed by atoms with Crippen molar-refractivity contribution in [3.63, 3.8) is 0 Å². The Labute approximate surface area is 151 Å². The van der Waals surface area contributed by atoms with E-state index in [1.54, 1.807) is 6.33 Å². The van der Waals surface area contributed by atoms with Gasteiger partial charge in [0.05, 0.1) is 0 Å². The molecular formula is C19H24FN5O. The van der Waals surface area contributed by atoms with Gasteiger partial charge < -0.3 is 10.6 Å². The van der Waals surface area contributed by atoms with Crippen LogP contribution in [0.4, 0.5) is 10.2 Å². The second kappa shape index (κ2) is 5.66. The van der Waals surface area contributed by atoms with E-state index in [9.17, 15) is 9.18 Å². The molecule has 0 bridgehead atoms. The fourth-order valence-electron chi connectivity index (χ4n) is 5.00. The van der Waals surface area contributed by atoms with E-state index in [1.807, 2.05) is 22.8 Å². The lowest BCUT2D eigenvalue weighted by Crippen LogP contribution is -2.60. The van der Waals surface area contributed by atoms with Gasteiger partial charge in [0.25, 0.3) is 5.91 Å². The lowest BCUT2D eigenvalue weighted by Gasteiger charge is -2.58. The number of amides is 1. The Balaban J connectivity index is 1.08. The fourth-order valence-corrected chi connectivity index (χ4v) is 5.00. The molecule has 3 saturated carbocycles. The second-order valence-electron chi connectivity index (χ2n) is 8.50. The molecule has 3 fully saturated rings. The Morgan fingerprint density at radius 3 is 2.85 bits per heavy atom. The van der Waals surface area contributed by atoms with Crippen LogP contribution in [0.2, 0.25) is 0 Å². The first-order valence-electron chi connectivity index (χ1n) is 9.58. The predicted molar refractivity (Wildman–Crippen MR) is 95.5 cm³/mol. The van der Waals surface area contributed by atoms with Gasteiger partial charge in [-0.2, -0.15) is 5.10 Å². The molecule has 26 heavy (non-hydrogen) atoms. The highest BCUT2D eigenvalue weighted by molar-refractivity contribution is 5.86. The summed E-state index contributed by atoms with van der Waals surface area (Å²) in [4.78, 5) is 16.3. The van der Waals surface area contributed by atoms with Crippen LogP contribution in [-0.2, 0) is 4.79 Å². The largest absolute Gasteiger partial charge is 0.368 e. The molecule has 0 radical (unpaired) electrons. The molecule has 0 atom stereocenters. The molecule has 3 aliphatic rings. The van der Waals surface area contributed by atoms with Gasteiger partial charge >= 0.3 is 0 Å². The standard InChI is InChI=1S/C19H24FN5O/c20-19(4-2-5-19)17(26)24-14-9-18(10-14)7-13(8-18)11-21-16-15-3-1-6-25(15)23-12-22-16/h1,3,6,12-14H,2,4-5,7-11H2,(H,24,26)(H,21,22,23). The average molecular weight is 357 g/mol. The number of carbonyl (C=O) groups excluding carboxylic acids is 1. The third-order valence-electron chi connectivity index (χ3n) is 6.58. The Hall–Kier alpha value is -2.18. The molecule has 5 rings (SSSR count). The van der Waals surface area contributed by atoms with Crippen molar-refractivity contribution >= 4 is 17.2 Å². The Bertz CT molecular complexity index is 831. The van der Waals surface area contributed by atoms with Crippen LogP contribution in [0.15, 0.2) is 24.7 Å². The topological polar surface area (TPSA) is 71.3 Å². The zero-order valence-corrected chi connectivity index (χ0v) is 14.7. The molecule has 3 aliphatic carbocycles. The maximum Gasteiger partial charge on any atom is 0.257 e. The number of anilines is 1. The molecule has 0 aromatic carbocycles. The van der Waals surface area contributed by atoms with Crippen molar-refractivity contribution in [2.24, 2.45) is 11.3 Å². The molecule has 6 nitrogen and oxygen atoms in total. The van der Waals surface area contributed by atoms with Crippen molar-refractivity contribution in [3.05, 3.63) is 24.7 Å². The van der Waals surface area contributed by atoms with Gasteiger partial charge in [-0.05, 0) is 68.4 Å². The maximum absolute atomic E-state index is 14.1. The molecule has 1 spiro atoms. The summed E-state index contributed by atoms with van der Waals surface area (Å²) in [5, 5.41) is 10.5. The van der Waals surface area contributed by atoms with E-state index in [4.69, 9.17) is 0 Å². The minimum Gasteiger partial charge on any atom is -0.368 e. The number of fused-ring (bicyclic) bond motifs is 1. The fraction of sp³-hybridized carbons (Fsp3) is 0.632. The molecule has 2 aromatic rings. The van der Waals surface area contributed by atoms with E-state index in [0.717, 1.165) is 37.1 Å². The van der Waals surface area contributed by atoms with Crippen LogP contribution in [0, 0.1) is 11.3 Å². The summed E-state index contributed by atoms with van der Waals surface area (Å²) in [5.41, 5.74) is -0.205. The zero-order chi connectivity index (χ0) is 17.8. The highest BCUT2D eigenvalue weighted by atomic mass is 19.1. The first-order valence-corrected chi connectivity index (χ1v) is 9.58. The molecule has 1 amide bonds. The molecule has 0 unspecified atom stereocenters. The van der Waals surface area contributed by atoms with Gasteiger partial charge in [0, 0.05) is 18.8 Å². The van der Waals surface area contributed by atoms with Crippen molar-refractivity contribution in [2.75, 3.05) is 11.9 Å². The first kappa shape index (κ1) is 16.0. The Morgan fingerprint density at radius 1 is 1.31 bits per heavy atom. The second-order valence-corrected chi connectivity index (χ2v) is 8.50. The van der Waals surface area contributed by atoms with Crippen LogP contribution in [0.1, 0.15) is 44.9 Å². The smallest absolute Gasteiger partial charge is 0.257 e. The number of hydrogen-bond donors (Lipinski definition) is 2. The Morgan fingerprint density at radius 2 is 2.12 bits per heavy atom. The molecular weight excluding hydrogens is 333 g/mol. The van der Waals surface area contributed by atoms with Gasteiger partial charge in [-0.1, -0.05) is 0 Å². The van der Waals surface area contributed by atoms with Crippen LogP contribution in [-0.4, -0.2) is 38.8 Å². The normalized spacial score (nSPS) is 31.7. The summed E-state index contributed by atoms with van der Waals surface area (Å²) in [6, 6.07) is 4.14. The van der Waals surface area contributed by atoms with Gasteiger partial charge in [0.2, 0.25) is 0 Å². The van der Waals surface area contributed by atoms with Crippen molar-refractivity contribution in [3.8, 4) is 0 Å². The summed E-state index contributed by atoms with van der Waals surface area (Å²) < 4.78 is 15.9. The van der Waals surface area contributed by atoms with E-state index >= 15 is 0 Å². The van der Waals surface area contributed by atoms with Crippen LogP contribution < -0.4 is 10.6 Å². The number of rotatable bonds is 5. The minimum atomic E-state index is -1.57. The number of hydrogen-bond acceptors (Lipinski definition) is 4. The van der Waals surface area contributed by atoms with Gasteiger partial charge in [-0.25, -0.2) is 13.9 Å². The van der Waals surface area contributed by atoms with E-state index < -0.39 is 5.67 Å². The highest BCUT2D eigenvalue weighted by Crippen LogP contribution is 2.58. The number of nitrogens with one attached hydrogen (secondary N) is 2. The highest BCUT2D eigenvalue weighted by Gasteiger charge is 2.54. The summed E-state index contributed by atoms with van der Waals surface area (Å²) in [6.45, 7) is 0.907. The van der Waals surface area contributed by atoms with Gasteiger partial charge in [-0.3, -0.25) is 4.79 Å². The molecule has 2 aromatic heterocycles. The van der Waals surface area contributed by atoms with E-state index in [2.05, 4.69) is 20.7 Å². The lowest BCUT2D eigenvalue weighted by molar-refractivity contribution is -0.142. The number of aromatic nitrogens is 3. The SMILES string of the molecule is O=C(NC1CC2(CC(CNc3ncnn4cccc34)C2)C1)C1(F)CCC1. The van der Waals surface area contributed by atoms with Gasteiger partial charge in [-0.15, -0.1) is 0 Å². The molecule has 0 aliphatic heterocycles. The van der Waals surface area contributed by atoms with Crippen LogP contribution >= 0.6 is 0 Å². The molecule has 138 valence electrons. The van der Waals surface area contributed by atoms with Gasteiger partial charge in [0.15, 0.2) is 11.5 Å². The third kappa shape index (κ3) is 2.56. The molecule has 7 heteroatoms. The van der Waals surface area contributed by atoms with Crippen LogP contribution in [0.5, 0.6) is 0 Å². The molecule has 2 N–H and O–H groups in total. The number of nitrogens with zero attached hydrogens (tertiary/aromatic N) is 3. The lowest BCUT2D eigenvalue weighted by atomic mass is 9.50. The summed E-state index contributed by atoms with van der Waals surface area (Å²) in [7, 11) is 0. The van der Waals surface area contributed by atoms with E-state index in [1.165, 1.54) is 12.8 Å². The Kier molecular flexibility index (Phi) is 3.49. The third-order valence-corrected chi connectivity index (χ3v) is 6.58. The minimum absolute atomic E-state index is 0.173. The monoisotopic (exact) mass is 357 g/mol. The molecule has 0 saturated heterocycles. The van der Waals surface area contributed by atoms with Crippen molar-refractivity contribution < 1.29 is 9.18 Å². The maximum atomic E-state index is 14.1. The molecule has 2 heterocycles. The van der Waals surface area contributed by atoms with Crippen molar-refractivity contribution in [2.45, 2.75) is 56.7 Å². The first-order chi connectivity index (χ1) is 12.6. The number of alkyl halides is 1. The van der Waals surface area contributed by atoms with Crippen LogP contribution in [0.3, 0.4) is 0 Å². The van der Waals surface area contributed by atoms with E-state index in [0.29, 0.717) is 24.2 Å². The average Bonchev–Trinajstić information content (AvgIpc) is 3.01. The van der Waals surface area contributed by atoms with Crippen molar-refractivity contribution in [1.82, 2.24) is 19.9 Å². The van der Waals surface area contributed by atoms with E-state index in [-0.39, 0.29) is 11.9 Å². The summed E-state index contributed by atoms with van der Waals surface area (Å²) in [6.07, 6.45) is 9.44. The number of carbonyl (C=O) groups is 1. The quantitative estimate of drug-likeness (QED) is 0.863. The summed E-state index contributed by atoms with van der Waals surface area (Å²) in [5.74, 6) is 1.13. The van der Waals surface area contributed by atoms with Crippen molar-refractivity contribution in [1.29, 1.82) is 0 Å².